The van der Waals surface area contributed by atoms with E-state index in [2.05, 4.69) is 17.1 Å². The fourth-order valence-electron chi connectivity index (χ4n) is 5.00. The molecule has 1 amide bonds. The average Bonchev–Trinajstić information content (AvgIpc) is 3.24. The molecule has 132 valence electrons. The zero-order chi connectivity index (χ0) is 16.7. The van der Waals surface area contributed by atoms with E-state index in [-0.39, 0.29) is 18.1 Å². The van der Waals surface area contributed by atoms with Crippen LogP contribution in [-0.2, 0) is 11.2 Å². The van der Waals surface area contributed by atoms with Gasteiger partial charge in [-0.25, -0.2) is 0 Å². The Bertz CT molecular complexity index is 598. The molecule has 24 heavy (non-hydrogen) atoms. The molecule has 1 saturated heterocycles. The first-order chi connectivity index (χ1) is 11.6. The Hall–Kier alpha value is -1.36. The summed E-state index contributed by atoms with van der Waals surface area (Å²) in [6.45, 7) is 5.87. The van der Waals surface area contributed by atoms with Crippen LogP contribution >= 0.6 is 0 Å². The van der Waals surface area contributed by atoms with Crippen LogP contribution in [0.4, 0.5) is 0 Å². The molecule has 2 fully saturated rings. The molecule has 0 spiro atoms. The highest BCUT2D eigenvalue weighted by atomic mass is 16.5. The van der Waals surface area contributed by atoms with Crippen molar-refractivity contribution >= 4 is 5.91 Å². The maximum absolute atomic E-state index is 13.0. The van der Waals surface area contributed by atoms with Gasteiger partial charge in [-0.15, -0.1) is 0 Å². The summed E-state index contributed by atoms with van der Waals surface area (Å²) in [7, 11) is 0. The second-order valence-electron chi connectivity index (χ2n) is 7.93. The number of amides is 1. The number of piperidine rings is 1. The minimum atomic E-state index is -0.00842. The number of fused-ring (bicyclic) bond motifs is 1. The Morgan fingerprint density at radius 2 is 1.79 bits per heavy atom. The van der Waals surface area contributed by atoms with Crippen LogP contribution in [0, 0.1) is 11.8 Å². The van der Waals surface area contributed by atoms with E-state index in [9.17, 15) is 4.79 Å². The predicted octanol–water partition coefficient (Wildman–Crippen LogP) is 3.47. The summed E-state index contributed by atoms with van der Waals surface area (Å²) in [5.74, 6) is 1.86. The SMILES string of the molecule is C[C@@H]1Cc2c(C(=O)N3CCC(C4CCCC4)CC3)n[nH]c2[C@H](C)O1. The molecule has 1 aliphatic carbocycles. The summed E-state index contributed by atoms with van der Waals surface area (Å²) < 4.78 is 5.83. The van der Waals surface area contributed by atoms with Gasteiger partial charge in [-0.1, -0.05) is 25.7 Å². The lowest BCUT2D eigenvalue weighted by atomic mass is 9.83. The van der Waals surface area contributed by atoms with E-state index >= 15 is 0 Å². The number of H-pyrrole nitrogens is 1. The molecule has 1 N–H and O–H groups in total. The van der Waals surface area contributed by atoms with E-state index in [0.29, 0.717) is 5.69 Å². The van der Waals surface area contributed by atoms with Crippen LogP contribution in [0.15, 0.2) is 0 Å². The first-order valence-corrected chi connectivity index (χ1v) is 9.65. The van der Waals surface area contributed by atoms with Gasteiger partial charge in [-0.3, -0.25) is 9.89 Å². The third kappa shape index (κ3) is 2.87. The molecule has 4 rings (SSSR count). The Morgan fingerprint density at radius 3 is 2.50 bits per heavy atom. The van der Waals surface area contributed by atoms with E-state index < -0.39 is 0 Å². The monoisotopic (exact) mass is 331 g/mol. The standard InChI is InChI=1S/C19H29N3O2/c1-12-11-16-17(13(2)24-12)20-21-18(16)19(23)22-9-7-15(8-10-22)14-5-3-4-6-14/h12-15H,3-11H2,1-2H3,(H,20,21)/t12-,13+/m1/s1. The van der Waals surface area contributed by atoms with Gasteiger partial charge in [0.25, 0.3) is 5.91 Å². The molecule has 5 nitrogen and oxygen atoms in total. The van der Waals surface area contributed by atoms with Crippen LogP contribution in [-0.4, -0.2) is 40.2 Å². The van der Waals surface area contributed by atoms with E-state index in [0.717, 1.165) is 42.6 Å². The zero-order valence-corrected chi connectivity index (χ0v) is 14.9. The number of hydrogen-bond donors (Lipinski definition) is 1. The number of aromatic nitrogens is 2. The summed E-state index contributed by atoms with van der Waals surface area (Å²) in [6, 6.07) is 0. The van der Waals surface area contributed by atoms with Gasteiger partial charge >= 0.3 is 0 Å². The van der Waals surface area contributed by atoms with Gasteiger partial charge < -0.3 is 9.64 Å². The molecular formula is C19H29N3O2. The fourth-order valence-corrected chi connectivity index (χ4v) is 5.00. The topological polar surface area (TPSA) is 58.2 Å². The van der Waals surface area contributed by atoms with E-state index in [1.807, 2.05) is 11.8 Å². The van der Waals surface area contributed by atoms with Crippen LogP contribution in [0.1, 0.15) is 80.2 Å². The fraction of sp³-hybridized carbons (Fsp3) is 0.789. The minimum Gasteiger partial charge on any atom is -0.369 e. The Kier molecular flexibility index (Phi) is 4.37. The second-order valence-corrected chi connectivity index (χ2v) is 7.93. The van der Waals surface area contributed by atoms with Crippen molar-refractivity contribution in [2.75, 3.05) is 13.1 Å². The first-order valence-electron chi connectivity index (χ1n) is 9.65. The van der Waals surface area contributed by atoms with Crippen LogP contribution in [0.5, 0.6) is 0 Å². The van der Waals surface area contributed by atoms with Crippen molar-refractivity contribution in [1.29, 1.82) is 0 Å². The van der Waals surface area contributed by atoms with Crippen molar-refractivity contribution in [3.05, 3.63) is 17.0 Å². The van der Waals surface area contributed by atoms with Gasteiger partial charge in [0.15, 0.2) is 5.69 Å². The number of nitrogens with zero attached hydrogens (tertiary/aromatic N) is 2. The molecule has 5 heteroatoms. The molecule has 1 aromatic heterocycles. The van der Waals surface area contributed by atoms with Crippen LogP contribution in [0.25, 0.3) is 0 Å². The number of likely N-dealkylation sites (tertiary alicyclic amines) is 1. The summed E-state index contributed by atoms with van der Waals surface area (Å²) in [6.07, 6.45) is 8.86. The van der Waals surface area contributed by atoms with Gasteiger partial charge in [0, 0.05) is 25.1 Å². The van der Waals surface area contributed by atoms with Gasteiger partial charge in [-0.2, -0.15) is 5.10 Å². The molecular weight excluding hydrogens is 302 g/mol. The number of hydrogen-bond acceptors (Lipinski definition) is 3. The summed E-state index contributed by atoms with van der Waals surface area (Å²) in [4.78, 5) is 15.0. The third-order valence-corrected chi connectivity index (χ3v) is 6.33. The molecule has 1 aromatic rings. The quantitative estimate of drug-likeness (QED) is 0.902. The Labute approximate surface area is 144 Å². The summed E-state index contributed by atoms with van der Waals surface area (Å²) in [5, 5.41) is 7.41. The molecule has 3 aliphatic rings. The van der Waals surface area contributed by atoms with Crippen molar-refractivity contribution in [2.24, 2.45) is 11.8 Å². The van der Waals surface area contributed by atoms with E-state index in [1.54, 1.807) is 0 Å². The van der Waals surface area contributed by atoms with Crippen molar-refractivity contribution in [3.8, 4) is 0 Å². The maximum atomic E-state index is 13.0. The van der Waals surface area contributed by atoms with Crippen molar-refractivity contribution < 1.29 is 9.53 Å². The normalized spacial score (nSPS) is 29.0. The largest absolute Gasteiger partial charge is 0.369 e. The predicted molar refractivity (Wildman–Crippen MR) is 91.8 cm³/mol. The summed E-state index contributed by atoms with van der Waals surface area (Å²) in [5.41, 5.74) is 2.69. The van der Waals surface area contributed by atoms with Crippen LogP contribution in [0.2, 0.25) is 0 Å². The number of nitrogens with one attached hydrogen (secondary N) is 1. The molecule has 0 bridgehead atoms. The Morgan fingerprint density at radius 1 is 1.12 bits per heavy atom. The van der Waals surface area contributed by atoms with Crippen LogP contribution in [0.3, 0.4) is 0 Å². The number of carbonyl (C=O) groups excluding carboxylic acids is 1. The first kappa shape index (κ1) is 16.1. The maximum Gasteiger partial charge on any atom is 0.274 e. The smallest absolute Gasteiger partial charge is 0.274 e. The van der Waals surface area contributed by atoms with Gasteiger partial charge in [0.05, 0.1) is 17.9 Å². The lowest BCUT2D eigenvalue weighted by molar-refractivity contribution is -0.00703. The minimum absolute atomic E-state index is 0.00842. The van der Waals surface area contributed by atoms with Crippen molar-refractivity contribution in [1.82, 2.24) is 15.1 Å². The van der Waals surface area contributed by atoms with E-state index in [1.165, 1.54) is 38.5 Å². The van der Waals surface area contributed by atoms with E-state index in [4.69, 9.17) is 4.74 Å². The van der Waals surface area contributed by atoms with Crippen molar-refractivity contribution in [2.45, 2.75) is 71.0 Å². The zero-order valence-electron chi connectivity index (χ0n) is 14.9. The lowest BCUT2D eigenvalue weighted by Gasteiger charge is -2.35. The summed E-state index contributed by atoms with van der Waals surface area (Å²) >= 11 is 0. The van der Waals surface area contributed by atoms with Gasteiger partial charge in [0.2, 0.25) is 0 Å². The number of ether oxygens (including phenoxy) is 1. The van der Waals surface area contributed by atoms with Crippen molar-refractivity contribution in [3.63, 3.8) is 0 Å². The molecule has 2 aliphatic heterocycles. The highest BCUT2D eigenvalue weighted by Gasteiger charge is 2.34. The number of aromatic amines is 1. The van der Waals surface area contributed by atoms with Gasteiger partial charge in [0.1, 0.15) is 0 Å². The van der Waals surface area contributed by atoms with Crippen LogP contribution < -0.4 is 0 Å². The third-order valence-electron chi connectivity index (χ3n) is 6.33. The molecule has 1 saturated carbocycles. The molecule has 2 atom stereocenters. The Balaban J connectivity index is 1.44. The van der Waals surface area contributed by atoms with Gasteiger partial charge in [-0.05, 0) is 38.5 Å². The average molecular weight is 331 g/mol. The number of rotatable bonds is 2. The highest BCUT2D eigenvalue weighted by molar-refractivity contribution is 5.94. The number of carbonyl (C=O) groups is 1. The molecule has 0 aromatic carbocycles. The molecule has 0 unspecified atom stereocenters. The highest BCUT2D eigenvalue weighted by Crippen LogP contribution is 2.37. The second kappa shape index (κ2) is 6.51. The molecule has 0 radical (unpaired) electrons. The molecule has 3 heterocycles. The lowest BCUT2D eigenvalue weighted by Crippen LogP contribution is -2.40.